The summed E-state index contributed by atoms with van der Waals surface area (Å²) in [6.45, 7) is 5.87. The Balaban J connectivity index is 4.45. The van der Waals surface area contributed by atoms with Crippen molar-refractivity contribution in [1.82, 2.24) is 0 Å². The van der Waals surface area contributed by atoms with Gasteiger partial charge in [-0.2, -0.15) is 0 Å². The quantitative estimate of drug-likeness (QED) is 0.332. The van der Waals surface area contributed by atoms with Gasteiger partial charge in [-0.15, -0.1) is 0 Å². The minimum Gasteiger partial charge on any atom is -0.466 e. The Morgan fingerprint density at radius 3 is 2.10 bits per heavy atom. The fourth-order valence-corrected chi connectivity index (χ4v) is 1.86. The topological polar surface area (TPSA) is 69.7 Å². The number of unbranched alkanes of at least 4 members (excludes halogenated alkanes) is 3. The van der Waals surface area contributed by atoms with Crippen LogP contribution in [0.25, 0.3) is 0 Å². The second-order valence-electron chi connectivity index (χ2n) is 4.59. The maximum absolute atomic E-state index is 12.1. The van der Waals surface area contributed by atoms with Gasteiger partial charge in [0.05, 0.1) is 19.6 Å². The van der Waals surface area contributed by atoms with Crippen LogP contribution in [0.15, 0.2) is 0 Å². The highest BCUT2D eigenvalue weighted by molar-refractivity contribution is 6.01. The summed E-state index contributed by atoms with van der Waals surface area (Å²) in [5, 5.41) is 0. The van der Waals surface area contributed by atoms with Crippen molar-refractivity contribution in [3.63, 3.8) is 0 Å². The van der Waals surface area contributed by atoms with E-state index in [1.165, 1.54) is 0 Å². The Bertz CT molecular complexity index is 311. The predicted octanol–water partition coefficient (Wildman–Crippen LogP) is 2.66. The molecule has 0 N–H and O–H groups in total. The van der Waals surface area contributed by atoms with Gasteiger partial charge in [0.1, 0.15) is 11.7 Å². The lowest BCUT2D eigenvalue weighted by Gasteiger charge is -2.13. The highest BCUT2D eigenvalue weighted by atomic mass is 16.5. The maximum Gasteiger partial charge on any atom is 0.317 e. The molecule has 0 saturated heterocycles. The smallest absolute Gasteiger partial charge is 0.317 e. The van der Waals surface area contributed by atoms with Gasteiger partial charge in [0.2, 0.25) is 0 Å². The molecular formula is C15H26O5. The molecule has 0 bridgehead atoms. The van der Waals surface area contributed by atoms with Crippen molar-refractivity contribution in [1.29, 1.82) is 0 Å². The number of hydrogen-bond donors (Lipinski definition) is 0. The van der Waals surface area contributed by atoms with E-state index in [2.05, 4.69) is 6.92 Å². The molecule has 0 aliphatic carbocycles. The number of carbonyl (C=O) groups excluding carboxylic acids is 3. The first kappa shape index (κ1) is 18.6. The van der Waals surface area contributed by atoms with Gasteiger partial charge in [-0.05, 0) is 20.3 Å². The van der Waals surface area contributed by atoms with Crippen molar-refractivity contribution in [3.05, 3.63) is 0 Å². The minimum atomic E-state index is -1.02. The third kappa shape index (κ3) is 7.92. The molecule has 0 amide bonds. The van der Waals surface area contributed by atoms with Crippen LogP contribution in [0.5, 0.6) is 0 Å². The van der Waals surface area contributed by atoms with E-state index in [-0.39, 0.29) is 25.4 Å². The molecule has 0 heterocycles. The second-order valence-corrected chi connectivity index (χ2v) is 4.59. The molecular weight excluding hydrogens is 260 g/mol. The third-order valence-corrected chi connectivity index (χ3v) is 2.91. The Kier molecular flexibility index (Phi) is 10.6. The van der Waals surface area contributed by atoms with E-state index < -0.39 is 17.9 Å². The molecule has 0 aromatic rings. The Labute approximate surface area is 121 Å². The molecule has 0 aliphatic heterocycles. The van der Waals surface area contributed by atoms with Gasteiger partial charge in [0.25, 0.3) is 0 Å². The fourth-order valence-electron chi connectivity index (χ4n) is 1.86. The lowest BCUT2D eigenvalue weighted by molar-refractivity contribution is -0.158. The van der Waals surface area contributed by atoms with E-state index in [0.29, 0.717) is 6.42 Å². The summed E-state index contributed by atoms with van der Waals surface area (Å²) >= 11 is 0. The van der Waals surface area contributed by atoms with E-state index in [4.69, 9.17) is 9.47 Å². The van der Waals surface area contributed by atoms with E-state index >= 15 is 0 Å². The molecule has 1 atom stereocenters. The number of ketones is 1. The highest BCUT2D eigenvalue weighted by Crippen LogP contribution is 2.14. The Morgan fingerprint density at radius 2 is 1.55 bits per heavy atom. The van der Waals surface area contributed by atoms with Gasteiger partial charge >= 0.3 is 11.9 Å². The zero-order valence-corrected chi connectivity index (χ0v) is 12.8. The van der Waals surface area contributed by atoms with Crippen LogP contribution in [0.3, 0.4) is 0 Å². The number of hydrogen-bond acceptors (Lipinski definition) is 5. The van der Waals surface area contributed by atoms with Gasteiger partial charge in [0.15, 0.2) is 0 Å². The molecule has 20 heavy (non-hydrogen) atoms. The molecule has 1 unspecified atom stereocenters. The molecule has 0 radical (unpaired) electrons. The molecule has 116 valence electrons. The lowest BCUT2D eigenvalue weighted by atomic mass is 9.96. The third-order valence-electron chi connectivity index (χ3n) is 2.91. The number of ether oxygens (including phenoxy) is 2. The van der Waals surface area contributed by atoms with Crippen molar-refractivity contribution >= 4 is 17.7 Å². The van der Waals surface area contributed by atoms with Gasteiger partial charge in [-0.3, -0.25) is 14.4 Å². The van der Waals surface area contributed by atoms with Crippen LogP contribution in [0.1, 0.15) is 59.3 Å². The molecule has 0 fully saturated rings. The summed E-state index contributed by atoms with van der Waals surface area (Å²) < 4.78 is 9.66. The van der Waals surface area contributed by atoms with Crippen LogP contribution in [0.4, 0.5) is 0 Å². The summed E-state index contributed by atoms with van der Waals surface area (Å²) in [5.41, 5.74) is 0. The molecule has 0 saturated carbocycles. The van der Waals surface area contributed by atoms with Crippen LogP contribution < -0.4 is 0 Å². The van der Waals surface area contributed by atoms with E-state index in [9.17, 15) is 14.4 Å². The molecule has 0 aliphatic rings. The van der Waals surface area contributed by atoms with E-state index in [1.54, 1.807) is 13.8 Å². The predicted molar refractivity (Wildman–Crippen MR) is 75.1 cm³/mol. The van der Waals surface area contributed by atoms with Crippen molar-refractivity contribution in [2.75, 3.05) is 13.2 Å². The minimum absolute atomic E-state index is 0.196. The molecule has 0 spiro atoms. The van der Waals surface area contributed by atoms with Gasteiger partial charge in [-0.25, -0.2) is 0 Å². The average molecular weight is 286 g/mol. The van der Waals surface area contributed by atoms with Crippen LogP contribution in [-0.2, 0) is 23.9 Å². The fraction of sp³-hybridized carbons (Fsp3) is 0.800. The van der Waals surface area contributed by atoms with Crippen molar-refractivity contribution in [2.45, 2.75) is 59.3 Å². The SMILES string of the molecule is CCCCCCC(=O)C(CC(=O)OCC)C(=O)OCC. The van der Waals surface area contributed by atoms with Crippen LogP contribution >= 0.6 is 0 Å². The normalized spacial score (nSPS) is 11.8. The van der Waals surface area contributed by atoms with Gasteiger partial charge < -0.3 is 9.47 Å². The summed E-state index contributed by atoms with van der Waals surface area (Å²) in [5.74, 6) is -2.41. The van der Waals surface area contributed by atoms with Crippen LogP contribution in [-0.4, -0.2) is 30.9 Å². The average Bonchev–Trinajstić information content (AvgIpc) is 2.41. The number of rotatable bonds is 11. The van der Waals surface area contributed by atoms with Crippen molar-refractivity contribution in [3.8, 4) is 0 Å². The van der Waals surface area contributed by atoms with Crippen LogP contribution in [0, 0.1) is 5.92 Å². The molecule has 0 aromatic carbocycles. The van der Waals surface area contributed by atoms with E-state index in [0.717, 1.165) is 25.7 Å². The number of esters is 2. The summed E-state index contributed by atoms with van der Waals surface area (Å²) in [6, 6.07) is 0. The van der Waals surface area contributed by atoms with E-state index in [1.807, 2.05) is 0 Å². The summed E-state index contributed by atoms with van der Waals surface area (Å²) in [4.78, 5) is 35.3. The van der Waals surface area contributed by atoms with Crippen molar-refractivity contribution in [2.24, 2.45) is 5.92 Å². The zero-order valence-electron chi connectivity index (χ0n) is 12.8. The standard InChI is InChI=1S/C15H26O5/c1-4-7-8-9-10-13(16)12(15(18)20-6-3)11-14(17)19-5-2/h12H,4-11H2,1-3H3. The van der Waals surface area contributed by atoms with Gasteiger partial charge in [-0.1, -0.05) is 26.2 Å². The highest BCUT2D eigenvalue weighted by Gasteiger charge is 2.30. The number of carbonyl (C=O) groups is 3. The molecule has 5 heteroatoms. The molecule has 0 rings (SSSR count). The molecule has 0 aromatic heterocycles. The largest absolute Gasteiger partial charge is 0.466 e. The first-order valence-corrected chi connectivity index (χ1v) is 7.41. The van der Waals surface area contributed by atoms with Gasteiger partial charge in [0, 0.05) is 6.42 Å². The zero-order chi connectivity index (χ0) is 15.4. The Morgan fingerprint density at radius 1 is 0.900 bits per heavy atom. The summed E-state index contributed by atoms with van der Waals surface area (Å²) in [6.07, 6.45) is 3.93. The Hall–Kier alpha value is -1.39. The second kappa shape index (κ2) is 11.4. The maximum atomic E-state index is 12.1. The monoisotopic (exact) mass is 286 g/mol. The number of Topliss-reactive ketones (excluding diaryl/α,β-unsaturated/α-hetero) is 1. The van der Waals surface area contributed by atoms with Crippen molar-refractivity contribution < 1.29 is 23.9 Å². The first-order valence-electron chi connectivity index (χ1n) is 7.41. The molecule has 5 nitrogen and oxygen atoms in total. The van der Waals surface area contributed by atoms with Crippen LogP contribution in [0.2, 0.25) is 0 Å². The first-order chi connectivity index (χ1) is 9.56. The lowest BCUT2D eigenvalue weighted by Crippen LogP contribution is -2.29. The summed E-state index contributed by atoms with van der Waals surface area (Å²) in [7, 11) is 0.